The third-order valence-electron chi connectivity index (χ3n) is 3.92. The van der Waals surface area contributed by atoms with Gasteiger partial charge in [-0.25, -0.2) is 0 Å². The summed E-state index contributed by atoms with van der Waals surface area (Å²) in [6.45, 7) is 2.36. The Morgan fingerprint density at radius 1 is 1.29 bits per heavy atom. The number of nitrogens with one attached hydrogen (secondary N) is 1. The lowest BCUT2D eigenvalue weighted by Gasteiger charge is -2.36. The third kappa shape index (κ3) is 4.21. The fraction of sp³-hybridized carbons (Fsp3) is 0.500. The summed E-state index contributed by atoms with van der Waals surface area (Å²) in [7, 11) is 0. The van der Waals surface area contributed by atoms with Crippen molar-refractivity contribution in [3.8, 4) is 5.75 Å². The normalized spacial score (nSPS) is 15.9. The molecule has 0 bridgehead atoms. The Kier molecular flexibility index (Phi) is 4.83. The van der Waals surface area contributed by atoms with E-state index in [1.54, 1.807) is 24.3 Å². The minimum atomic E-state index is -0.818. The molecule has 0 unspecified atom stereocenters. The number of carboxylic acid groups (broad SMARTS) is 1. The summed E-state index contributed by atoms with van der Waals surface area (Å²) in [5, 5.41) is 11.4. The molecule has 0 atom stereocenters. The lowest BCUT2D eigenvalue weighted by molar-refractivity contribution is -0.137. The Bertz CT molecular complexity index is 506. The summed E-state index contributed by atoms with van der Waals surface area (Å²) >= 11 is 0. The highest BCUT2D eigenvalue weighted by atomic mass is 16.5. The van der Waals surface area contributed by atoms with Gasteiger partial charge in [0.1, 0.15) is 5.75 Å². The first-order valence-electron chi connectivity index (χ1n) is 7.26. The van der Waals surface area contributed by atoms with Crippen molar-refractivity contribution in [2.24, 2.45) is 5.41 Å². The number of amides is 1. The lowest BCUT2D eigenvalue weighted by atomic mass is 9.70. The average Bonchev–Trinajstić information content (AvgIpc) is 2.42. The summed E-state index contributed by atoms with van der Waals surface area (Å²) in [4.78, 5) is 22.5. The van der Waals surface area contributed by atoms with Crippen LogP contribution in [0, 0.1) is 5.41 Å². The largest absolute Gasteiger partial charge is 0.494 e. The first kappa shape index (κ1) is 15.4. The van der Waals surface area contributed by atoms with Gasteiger partial charge in [0, 0.05) is 17.5 Å². The van der Waals surface area contributed by atoms with E-state index in [-0.39, 0.29) is 17.7 Å². The molecule has 2 N–H and O–H groups in total. The molecule has 0 radical (unpaired) electrons. The van der Waals surface area contributed by atoms with Crippen LogP contribution >= 0.6 is 0 Å². The first-order valence-corrected chi connectivity index (χ1v) is 7.26. The zero-order chi connectivity index (χ0) is 15.3. The molecular weight excluding hydrogens is 270 g/mol. The van der Waals surface area contributed by atoms with E-state index < -0.39 is 5.97 Å². The van der Waals surface area contributed by atoms with Gasteiger partial charge in [0.25, 0.3) is 0 Å². The van der Waals surface area contributed by atoms with Crippen molar-refractivity contribution in [3.05, 3.63) is 24.3 Å². The highest BCUT2D eigenvalue weighted by molar-refractivity contribution is 5.95. The molecule has 1 amide bonds. The number of rotatable bonds is 7. The van der Waals surface area contributed by atoms with Crippen molar-refractivity contribution < 1.29 is 19.4 Å². The van der Waals surface area contributed by atoms with Gasteiger partial charge < -0.3 is 15.2 Å². The number of ether oxygens (including phenoxy) is 1. The van der Waals surface area contributed by atoms with Gasteiger partial charge in [-0.1, -0.05) is 13.3 Å². The molecule has 5 nitrogen and oxygen atoms in total. The van der Waals surface area contributed by atoms with Crippen molar-refractivity contribution in [2.75, 3.05) is 11.9 Å². The Labute approximate surface area is 124 Å². The molecular formula is C16H21NO4. The molecule has 0 heterocycles. The van der Waals surface area contributed by atoms with E-state index in [2.05, 4.69) is 5.32 Å². The monoisotopic (exact) mass is 291 g/mol. The van der Waals surface area contributed by atoms with Crippen molar-refractivity contribution in [1.29, 1.82) is 0 Å². The van der Waals surface area contributed by atoms with Crippen molar-refractivity contribution in [1.82, 2.24) is 0 Å². The van der Waals surface area contributed by atoms with Crippen LogP contribution in [-0.4, -0.2) is 23.6 Å². The van der Waals surface area contributed by atoms with Gasteiger partial charge in [-0.05, 0) is 43.5 Å². The molecule has 1 aliphatic rings. The van der Waals surface area contributed by atoms with Crippen LogP contribution in [0.1, 0.15) is 39.0 Å². The summed E-state index contributed by atoms with van der Waals surface area (Å²) in [6, 6.07) is 7.15. The molecule has 0 aliphatic heterocycles. The maximum atomic E-state index is 12.1. The van der Waals surface area contributed by atoms with E-state index in [1.165, 1.54) is 0 Å². The molecule has 21 heavy (non-hydrogen) atoms. The van der Waals surface area contributed by atoms with Gasteiger partial charge in [-0.2, -0.15) is 0 Å². The van der Waals surface area contributed by atoms with E-state index in [9.17, 15) is 9.59 Å². The van der Waals surface area contributed by atoms with Crippen molar-refractivity contribution in [2.45, 2.75) is 39.0 Å². The predicted molar refractivity (Wildman–Crippen MR) is 79.4 cm³/mol. The van der Waals surface area contributed by atoms with E-state index in [1.807, 2.05) is 6.92 Å². The van der Waals surface area contributed by atoms with Gasteiger partial charge in [-0.15, -0.1) is 0 Å². The van der Waals surface area contributed by atoms with Crippen LogP contribution in [0.2, 0.25) is 0 Å². The Balaban J connectivity index is 1.79. The summed E-state index contributed by atoms with van der Waals surface area (Å²) in [6.07, 6.45) is 3.60. The van der Waals surface area contributed by atoms with Crippen LogP contribution in [0.15, 0.2) is 24.3 Å². The molecule has 1 fully saturated rings. The standard InChI is InChI=1S/C16H21NO4/c1-16(9-3-10-16)15(20)17-12-5-7-13(8-6-12)21-11-2-4-14(18)19/h5-8H,2-4,9-11H2,1H3,(H,17,20)(H,18,19). The highest BCUT2D eigenvalue weighted by Gasteiger charge is 2.39. The van der Waals surface area contributed by atoms with Crippen LogP contribution in [-0.2, 0) is 9.59 Å². The second-order valence-electron chi connectivity index (χ2n) is 5.74. The van der Waals surface area contributed by atoms with Crippen LogP contribution in [0.25, 0.3) is 0 Å². The minimum Gasteiger partial charge on any atom is -0.494 e. The third-order valence-corrected chi connectivity index (χ3v) is 3.92. The average molecular weight is 291 g/mol. The van der Waals surface area contributed by atoms with Crippen LogP contribution < -0.4 is 10.1 Å². The molecule has 1 aromatic rings. The molecule has 1 aromatic carbocycles. The van der Waals surface area contributed by atoms with E-state index in [0.717, 1.165) is 24.9 Å². The maximum absolute atomic E-state index is 12.1. The zero-order valence-corrected chi connectivity index (χ0v) is 12.2. The summed E-state index contributed by atoms with van der Waals surface area (Å²) in [5.74, 6) is -0.0710. The highest BCUT2D eigenvalue weighted by Crippen LogP contribution is 2.41. The number of benzene rings is 1. The lowest BCUT2D eigenvalue weighted by Crippen LogP contribution is -2.39. The Morgan fingerprint density at radius 2 is 1.95 bits per heavy atom. The molecule has 2 rings (SSSR count). The zero-order valence-electron chi connectivity index (χ0n) is 12.2. The Morgan fingerprint density at radius 3 is 2.48 bits per heavy atom. The molecule has 1 aliphatic carbocycles. The van der Waals surface area contributed by atoms with Crippen molar-refractivity contribution >= 4 is 17.6 Å². The van der Waals surface area contributed by atoms with Crippen LogP contribution in [0.4, 0.5) is 5.69 Å². The van der Waals surface area contributed by atoms with Gasteiger partial charge in [0.15, 0.2) is 0 Å². The van der Waals surface area contributed by atoms with Gasteiger partial charge in [0.05, 0.1) is 6.61 Å². The van der Waals surface area contributed by atoms with E-state index in [4.69, 9.17) is 9.84 Å². The number of hydrogen-bond donors (Lipinski definition) is 2. The Hall–Kier alpha value is -2.04. The minimum absolute atomic E-state index is 0.0730. The van der Waals surface area contributed by atoms with Gasteiger partial charge >= 0.3 is 5.97 Å². The SMILES string of the molecule is CC1(C(=O)Nc2ccc(OCCCC(=O)O)cc2)CCC1. The molecule has 114 valence electrons. The first-order chi connectivity index (χ1) is 9.99. The number of carbonyl (C=O) groups is 2. The second-order valence-corrected chi connectivity index (χ2v) is 5.74. The smallest absolute Gasteiger partial charge is 0.303 e. The fourth-order valence-corrected chi connectivity index (χ4v) is 2.26. The van der Waals surface area contributed by atoms with Gasteiger partial charge in [0.2, 0.25) is 5.91 Å². The summed E-state index contributed by atoms with van der Waals surface area (Å²) in [5.41, 5.74) is 0.539. The second kappa shape index (κ2) is 6.61. The van der Waals surface area contributed by atoms with E-state index >= 15 is 0 Å². The summed E-state index contributed by atoms with van der Waals surface area (Å²) < 4.78 is 5.44. The number of carboxylic acids is 1. The maximum Gasteiger partial charge on any atom is 0.303 e. The van der Waals surface area contributed by atoms with Gasteiger partial charge in [-0.3, -0.25) is 9.59 Å². The quantitative estimate of drug-likeness (QED) is 0.757. The van der Waals surface area contributed by atoms with E-state index in [0.29, 0.717) is 18.8 Å². The number of aliphatic carboxylic acids is 1. The van der Waals surface area contributed by atoms with Crippen molar-refractivity contribution in [3.63, 3.8) is 0 Å². The van der Waals surface area contributed by atoms with Crippen LogP contribution in [0.5, 0.6) is 5.75 Å². The van der Waals surface area contributed by atoms with Crippen LogP contribution in [0.3, 0.4) is 0 Å². The number of hydrogen-bond acceptors (Lipinski definition) is 3. The number of anilines is 1. The topological polar surface area (TPSA) is 75.6 Å². The molecule has 0 saturated heterocycles. The molecule has 5 heteroatoms. The fourth-order valence-electron chi connectivity index (χ4n) is 2.26. The molecule has 0 aromatic heterocycles. The number of carbonyl (C=O) groups excluding carboxylic acids is 1. The molecule has 1 saturated carbocycles. The predicted octanol–water partition coefficient (Wildman–Crippen LogP) is 3.06. The molecule has 0 spiro atoms.